The van der Waals surface area contributed by atoms with Crippen molar-refractivity contribution in [1.29, 1.82) is 0 Å². The van der Waals surface area contributed by atoms with Gasteiger partial charge in [0, 0.05) is 0 Å². The Morgan fingerprint density at radius 2 is 0.783 bits per heavy atom. The van der Waals surface area contributed by atoms with Gasteiger partial charge in [0.2, 0.25) is 0 Å². The van der Waals surface area contributed by atoms with Crippen molar-refractivity contribution < 1.29 is 65.5 Å². The Morgan fingerprint density at radius 3 is 1.00 bits per heavy atom. The summed E-state index contributed by atoms with van der Waals surface area (Å²) in [5, 5.41) is -7.16. The molecule has 0 aromatic rings. The van der Waals surface area contributed by atoms with E-state index in [1.807, 2.05) is 0 Å². The fraction of sp³-hybridized carbons (Fsp3) is 1.00. The van der Waals surface area contributed by atoms with Crippen LogP contribution in [0.15, 0.2) is 0 Å². The van der Waals surface area contributed by atoms with Gasteiger partial charge in [-0.2, -0.15) is 57.1 Å². The van der Waals surface area contributed by atoms with E-state index in [1.54, 1.807) is 0 Å². The number of halogens is 14. The molecule has 23 heavy (non-hydrogen) atoms. The van der Waals surface area contributed by atoms with Crippen molar-refractivity contribution in [3.05, 3.63) is 0 Å². The van der Waals surface area contributed by atoms with Crippen molar-refractivity contribution in [3.8, 4) is 0 Å². The third-order valence-electron chi connectivity index (χ3n) is 2.21. The van der Waals surface area contributed by atoms with Crippen LogP contribution in [0.2, 0.25) is 0 Å². The molecular weight excluding hydrogens is 463 g/mol. The summed E-state index contributed by atoms with van der Waals surface area (Å²) in [6.07, 6.45) is -7.54. The maximum Gasteiger partial charge on any atom is 0.460 e. The second kappa shape index (κ2) is 5.26. The summed E-state index contributed by atoms with van der Waals surface area (Å²) in [7, 11) is -6.79. The average molecular weight is 463 g/mol. The highest BCUT2D eigenvalue weighted by atomic mass is 79.9. The van der Waals surface area contributed by atoms with Gasteiger partial charge in [-0.15, -0.1) is 0 Å². The third kappa shape index (κ3) is 2.86. The Bertz CT molecular complexity index is 562. The third-order valence-corrected chi connectivity index (χ3v) is 4.30. The zero-order chi connectivity index (χ0) is 19.5. The molecule has 0 heterocycles. The van der Waals surface area contributed by atoms with Crippen molar-refractivity contribution in [3.63, 3.8) is 0 Å². The van der Waals surface area contributed by atoms with E-state index in [4.69, 9.17) is 0 Å². The molecule has 0 amide bonds. The SMILES string of the molecule is O=S(=O)(Br)C(F)(F)C(F)(F)C(F)(F)C(F)(F)C(F)(F)C(F)(F)F. The molecule has 0 radical (unpaired) electrons. The summed E-state index contributed by atoms with van der Waals surface area (Å²) in [5.74, 6) is -32.0. The number of rotatable bonds is 5. The first-order valence-electron chi connectivity index (χ1n) is 4.40. The summed E-state index contributed by atoms with van der Waals surface area (Å²) in [5.41, 5.74) is 0. The highest BCUT2D eigenvalue weighted by Crippen LogP contribution is 2.61. The molecule has 0 rings (SSSR count). The molecule has 0 saturated carbocycles. The van der Waals surface area contributed by atoms with Crippen molar-refractivity contribution in [2.45, 2.75) is 35.1 Å². The maximum absolute atomic E-state index is 12.8. The van der Waals surface area contributed by atoms with Gasteiger partial charge in [0.15, 0.2) is 0 Å². The molecule has 0 fully saturated rings. The molecule has 0 aromatic carbocycles. The Hall–Kier alpha value is -0.480. The lowest BCUT2D eigenvalue weighted by Crippen LogP contribution is -2.70. The molecule has 0 unspecified atom stereocenters. The molecule has 0 bridgehead atoms. The smallest absolute Gasteiger partial charge is 0.210 e. The summed E-state index contributed by atoms with van der Waals surface area (Å²) in [4.78, 5) is 0. The lowest BCUT2D eigenvalue weighted by Gasteiger charge is -2.38. The molecule has 17 heteroatoms. The highest BCUT2D eigenvalue weighted by Gasteiger charge is 2.92. The van der Waals surface area contributed by atoms with Crippen LogP contribution in [0.1, 0.15) is 0 Å². The van der Waals surface area contributed by atoms with Crippen molar-refractivity contribution in [2.24, 2.45) is 0 Å². The van der Waals surface area contributed by atoms with Crippen molar-refractivity contribution >= 4 is 23.1 Å². The molecular formula is C6BrF13O2S. The Labute approximate surface area is 124 Å². The van der Waals surface area contributed by atoms with Crippen LogP contribution in [0.3, 0.4) is 0 Å². The van der Waals surface area contributed by atoms with Crippen LogP contribution in [0, 0.1) is 0 Å². The van der Waals surface area contributed by atoms with Crippen molar-refractivity contribution in [2.75, 3.05) is 0 Å². The van der Waals surface area contributed by atoms with Crippen molar-refractivity contribution in [1.82, 2.24) is 0 Å². The van der Waals surface area contributed by atoms with Crippen LogP contribution < -0.4 is 0 Å². The normalized spacial score (nSPS) is 16.6. The number of hydrogen-bond acceptors (Lipinski definition) is 2. The van der Waals surface area contributed by atoms with E-state index >= 15 is 0 Å². The second-order valence-electron chi connectivity index (χ2n) is 3.75. The van der Waals surface area contributed by atoms with E-state index < -0.39 is 43.4 Å². The van der Waals surface area contributed by atoms with E-state index in [1.165, 1.54) is 0 Å². The minimum atomic E-state index is -8.12. The number of alkyl halides is 13. The Kier molecular flexibility index (Phi) is 5.15. The first-order valence-corrected chi connectivity index (χ1v) is 7.72. The lowest BCUT2D eigenvalue weighted by molar-refractivity contribution is -0.433. The van der Waals surface area contributed by atoms with E-state index in [0.717, 1.165) is 14.8 Å². The molecule has 0 aromatic heterocycles. The fourth-order valence-corrected chi connectivity index (χ4v) is 1.95. The van der Waals surface area contributed by atoms with Gasteiger partial charge >= 0.3 is 35.1 Å². The molecule has 0 saturated heterocycles. The van der Waals surface area contributed by atoms with Crippen LogP contribution in [0.4, 0.5) is 57.1 Å². The highest BCUT2D eigenvalue weighted by molar-refractivity contribution is 9.47. The van der Waals surface area contributed by atoms with Crippen LogP contribution in [0.5, 0.6) is 0 Å². The first-order chi connectivity index (χ1) is 9.50. The zero-order valence-corrected chi connectivity index (χ0v) is 11.9. The van der Waals surface area contributed by atoms with Gasteiger partial charge in [-0.1, -0.05) is 0 Å². The topological polar surface area (TPSA) is 34.1 Å². The van der Waals surface area contributed by atoms with Crippen LogP contribution >= 0.6 is 14.8 Å². The fourth-order valence-electron chi connectivity index (χ4n) is 0.908. The van der Waals surface area contributed by atoms with E-state index in [-0.39, 0.29) is 0 Å². The maximum atomic E-state index is 12.8. The summed E-state index contributed by atoms with van der Waals surface area (Å²) in [6.45, 7) is 0. The molecule has 0 spiro atoms. The summed E-state index contributed by atoms with van der Waals surface area (Å²) >= 11 is 0.739. The molecule has 2 nitrogen and oxygen atoms in total. The van der Waals surface area contributed by atoms with Gasteiger partial charge in [0.05, 0.1) is 14.8 Å². The molecule has 0 aliphatic rings. The predicted molar refractivity (Wildman–Crippen MR) is 48.6 cm³/mol. The molecule has 0 aliphatic carbocycles. The number of hydrogen-bond donors (Lipinski definition) is 0. The van der Waals surface area contributed by atoms with Gasteiger partial charge < -0.3 is 0 Å². The summed E-state index contributed by atoms with van der Waals surface area (Å²) < 4.78 is 182. The predicted octanol–water partition coefficient (Wildman–Crippen LogP) is 4.41. The van der Waals surface area contributed by atoms with Gasteiger partial charge in [-0.25, -0.2) is 8.42 Å². The Balaban J connectivity index is 6.48. The average Bonchev–Trinajstić information content (AvgIpc) is 2.24. The van der Waals surface area contributed by atoms with Gasteiger partial charge in [0.1, 0.15) is 0 Å². The lowest BCUT2D eigenvalue weighted by atomic mass is 9.98. The Morgan fingerprint density at radius 1 is 0.522 bits per heavy atom. The molecule has 0 atom stereocenters. The summed E-state index contributed by atoms with van der Waals surface area (Å²) in [6, 6.07) is 0. The van der Waals surface area contributed by atoms with Gasteiger partial charge in [-0.05, 0) is 0 Å². The molecule has 140 valence electrons. The molecule has 0 aliphatic heterocycles. The van der Waals surface area contributed by atoms with E-state index in [2.05, 4.69) is 0 Å². The zero-order valence-electron chi connectivity index (χ0n) is 9.52. The minimum absolute atomic E-state index is 0.739. The largest absolute Gasteiger partial charge is 0.460 e. The van der Waals surface area contributed by atoms with E-state index in [0.29, 0.717) is 0 Å². The van der Waals surface area contributed by atoms with Crippen LogP contribution in [0.25, 0.3) is 0 Å². The quantitative estimate of drug-likeness (QED) is 0.448. The van der Waals surface area contributed by atoms with E-state index in [9.17, 15) is 65.5 Å². The van der Waals surface area contributed by atoms with Crippen LogP contribution in [-0.2, 0) is 8.27 Å². The van der Waals surface area contributed by atoms with Gasteiger partial charge in [0.25, 0.3) is 8.27 Å². The minimum Gasteiger partial charge on any atom is -0.210 e. The monoisotopic (exact) mass is 462 g/mol. The first kappa shape index (κ1) is 22.5. The second-order valence-corrected chi connectivity index (χ2v) is 7.70. The standard InChI is InChI=1S/C6BrF13O2S/c7-23(21,22)6(19,20)4(14,15)2(10,11)1(8,9)3(12,13)5(16,17)18. The molecule has 0 N–H and O–H groups in total. The van der Waals surface area contributed by atoms with Crippen LogP contribution in [-0.4, -0.2) is 43.5 Å². The van der Waals surface area contributed by atoms with Gasteiger partial charge in [-0.3, -0.25) is 0 Å².